The standard InChI is InChI=1S/C11H10O2S/c1-7-3-4-8-10(13-2)6-14-11(8)9(7)5-12/h3-6H,1-2H3. The van der Waals surface area contributed by atoms with Crippen LogP contribution in [-0.4, -0.2) is 13.4 Å². The monoisotopic (exact) mass is 206 g/mol. The van der Waals surface area contributed by atoms with Crippen molar-refractivity contribution in [2.75, 3.05) is 7.11 Å². The lowest BCUT2D eigenvalue weighted by Crippen LogP contribution is -1.86. The molecular weight excluding hydrogens is 196 g/mol. The first-order chi connectivity index (χ1) is 6.77. The molecule has 72 valence electrons. The van der Waals surface area contributed by atoms with Crippen molar-refractivity contribution in [3.05, 3.63) is 28.6 Å². The van der Waals surface area contributed by atoms with Gasteiger partial charge in [-0.05, 0) is 18.6 Å². The summed E-state index contributed by atoms with van der Waals surface area (Å²) < 4.78 is 6.21. The van der Waals surface area contributed by atoms with Crippen molar-refractivity contribution in [1.82, 2.24) is 0 Å². The predicted molar refractivity (Wildman–Crippen MR) is 58.5 cm³/mol. The zero-order chi connectivity index (χ0) is 10.1. The lowest BCUT2D eigenvalue weighted by molar-refractivity contribution is 0.112. The minimum atomic E-state index is 0.774. The van der Waals surface area contributed by atoms with Crippen LogP contribution in [0, 0.1) is 6.92 Å². The maximum absolute atomic E-state index is 10.9. The van der Waals surface area contributed by atoms with Gasteiger partial charge in [0.15, 0.2) is 6.29 Å². The summed E-state index contributed by atoms with van der Waals surface area (Å²) in [6.45, 7) is 1.94. The van der Waals surface area contributed by atoms with Crippen LogP contribution < -0.4 is 4.74 Å². The van der Waals surface area contributed by atoms with Crippen LogP contribution in [0.1, 0.15) is 15.9 Å². The van der Waals surface area contributed by atoms with Gasteiger partial charge in [0.1, 0.15) is 5.75 Å². The molecule has 0 saturated heterocycles. The topological polar surface area (TPSA) is 26.3 Å². The summed E-state index contributed by atoms with van der Waals surface area (Å²) in [6.07, 6.45) is 0.910. The number of hydrogen-bond acceptors (Lipinski definition) is 3. The van der Waals surface area contributed by atoms with E-state index in [4.69, 9.17) is 4.74 Å². The average molecular weight is 206 g/mol. The molecule has 2 nitrogen and oxygen atoms in total. The molecule has 0 fully saturated rings. The van der Waals surface area contributed by atoms with Crippen molar-refractivity contribution in [1.29, 1.82) is 0 Å². The molecular formula is C11H10O2S. The van der Waals surface area contributed by atoms with Crippen LogP contribution in [0.2, 0.25) is 0 Å². The van der Waals surface area contributed by atoms with E-state index in [9.17, 15) is 4.79 Å². The van der Waals surface area contributed by atoms with Gasteiger partial charge in [-0.15, -0.1) is 11.3 Å². The first kappa shape index (κ1) is 9.21. The van der Waals surface area contributed by atoms with Crippen LogP contribution in [0.15, 0.2) is 17.5 Å². The highest BCUT2D eigenvalue weighted by atomic mass is 32.1. The maximum atomic E-state index is 10.9. The third-order valence-corrected chi connectivity index (χ3v) is 3.31. The molecule has 0 aliphatic carbocycles. The Morgan fingerprint density at radius 3 is 2.86 bits per heavy atom. The number of carbonyl (C=O) groups excluding carboxylic acids is 1. The second-order valence-corrected chi connectivity index (χ2v) is 3.97. The summed E-state index contributed by atoms with van der Waals surface area (Å²) in [4.78, 5) is 10.9. The molecule has 0 unspecified atom stereocenters. The minimum Gasteiger partial charge on any atom is -0.495 e. The first-order valence-corrected chi connectivity index (χ1v) is 5.16. The van der Waals surface area contributed by atoms with E-state index < -0.39 is 0 Å². The largest absolute Gasteiger partial charge is 0.495 e. The molecule has 2 aromatic rings. The number of methoxy groups -OCH3 is 1. The molecule has 0 spiro atoms. The number of aryl methyl sites for hydroxylation is 1. The summed E-state index contributed by atoms with van der Waals surface area (Å²) in [5.74, 6) is 0.841. The van der Waals surface area contributed by atoms with Crippen molar-refractivity contribution < 1.29 is 9.53 Å². The molecule has 3 heteroatoms. The molecule has 1 aromatic carbocycles. The number of aldehydes is 1. The fourth-order valence-corrected chi connectivity index (χ4v) is 2.58. The molecule has 0 amide bonds. The van der Waals surface area contributed by atoms with Gasteiger partial charge in [-0.2, -0.15) is 0 Å². The Kier molecular flexibility index (Phi) is 2.25. The molecule has 0 radical (unpaired) electrons. The van der Waals surface area contributed by atoms with Gasteiger partial charge in [0.25, 0.3) is 0 Å². The second kappa shape index (κ2) is 3.42. The zero-order valence-electron chi connectivity index (χ0n) is 8.03. The maximum Gasteiger partial charge on any atom is 0.151 e. The van der Waals surface area contributed by atoms with Gasteiger partial charge in [0.05, 0.1) is 7.11 Å². The summed E-state index contributed by atoms with van der Waals surface area (Å²) >= 11 is 1.55. The van der Waals surface area contributed by atoms with Crippen molar-refractivity contribution in [2.24, 2.45) is 0 Å². The molecule has 0 N–H and O–H groups in total. The van der Waals surface area contributed by atoms with E-state index in [1.54, 1.807) is 18.4 Å². The van der Waals surface area contributed by atoms with Gasteiger partial charge in [-0.25, -0.2) is 0 Å². The SMILES string of the molecule is COc1csc2c(C=O)c(C)ccc12. The zero-order valence-corrected chi connectivity index (χ0v) is 8.85. The first-order valence-electron chi connectivity index (χ1n) is 4.28. The number of ether oxygens (including phenoxy) is 1. The predicted octanol–water partition coefficient (Wildman–Crippen LogP) is 3.03. The van der Waals surface area contributed by atoms with Gasteiger partial charge in [-0.3, -0.25) is 4.79 Å². The van der Waals surface area contributed by atoms with Gasteiger partial charge in [0.2, 0.25) is 0 Å². The van der Waals surface area contributed by atoms with E-state index in [0.717, 1.165) is 33.2 Å². The summed E-state index contributed by atoms with van der Waals surface area (Å²) in [5, 5.41) is 2.95. The van der Waals surface area contributed by atoms with Gasteiger partial charge in [-0.1, -0.05) is 6.07 Å². The number of thiophene rings is 1. The number of rotatable bonds is 2. The van der Waals surface area contributed by atoms with Crippen LogP contribution in [0.25, 0.3) is 10.1 Å². The van der Waals surface area contributed by atoms with E-state index in [1.165, 1.54) is 0 Å². The van der Waals surface area contributed by atoms with E-state index in [-0.39, 0.29) is 0 Å². The summed E-state index contributed by atoms with van der Waals surface area (Å²) in [5.41, 5.74) is 1.79. The Hall–Kier alpha value is -1.35. The second-order valence-electron chi connectivity index (χ2n) is 3.09. The third-order valence-electron chi connectivity index (χ3n) is 2.30. The van der Waals surface area contributed by atoms with Crippen molar-refractivity contribution in [3.8, 4) is 5.75 Å². The average Bonchev–Trinajstić information content (AvgIpc) is 2.60. The lowest BCUT2D eigenvalue weighted by atomic mass is 10.1. The Balaban J connectivity index is 2.83. The fraction of sp³-hybridized carbons (Fsp3) is 0.182. The molecule has 0 saturated carbocycles. The van der Waals surface area contributed by atoms with Crippen molar-refractivity contribution in [2.45, 2.75) is 6.92 Å². The van der Waals surface area contributed by atoms with Crippen LogP contribution in [-0.2, 0) is 0 Å². The molecule has 0 atom stereocenters. The van der Waals surface area contributed by atoms with E-state index in [0.29, 0.717) is 0 Å². The van der Waals surface area contributed by atoms with Gasteiger partial charge >= 0.3 is 0 Å². The number of hydrogen-bond donors (Lipinski definition) is 0. The quantitative estimate of drug-likeness (QED) is 0.706. The molecule has 14 heavy (non-hydrogen) atoms. The van der Waals surface area contributed by atoms with Crippen molar-refractivity contribution >= 4 is 27.7 Å². The molecule has 1 heterocycles. The molecule has 1 aromatic heterocycles. The molecule has 0 bridgehead atoms. The smallest absolute Gasteiger partial charge is 0.151 e. The fourth-order valence-electron chi connectivity index (χ4n) is 1.50. The van der Waals surface area contributed by atoms with Crippen LogP contribution in [0.3, 0.4) is 0 Å². The summed E-state index contributed by atoms with van der Waals surface area (Å²) in [6, 6.07) is 3.94. The normalized spacial score (nSPS) is 10.4. The van der Waals surface area contributed by atoms with Crippen LogP contribution in [0.4, 0.5) is 0 Å². The summed E-state index contributed by atoms with van der Waals surface area (Å²) in [7, 11) is 1.64. The highest BCUT2D eigenvalue weighted by Gasteiger charge is 2.09. The highest BCUT2D eigenvalue weighted by Crippen LogP contribution is 2.34. The Morgan fingerprint density at radius 1 is 1.43 bits per heavy atom. The van der Waals surface area contributed by atoms with Gasteiger partial charge in [0, 0.05) is 21.0 Å². The number of carbonyl (C=O) groups is 1. The molecule has 0 aliphatic heterocycles. The lowest BCUT2D eigenvalue weighted by Gasteiger charge is -2.00. The number of fused-ring (bicyclic) bond motifs is 1. The third kappa shape index (κ3) is 1.21. The van der Waals surface area contributed by atoms with Crippen molar-refractivity contribution in [3.63, 3.8) is 0 Å². The van der Waals surface area contributed by atoms with Gasteiger partial charge < -0.3 is 4.74 Å². The Morgan fingerprint density at radius 2 is 2.21 bits per heavy atom. The van der Waals surface area contributed by atoms with Crippen LogP contribution in [0.5, 0.6) is 5.75 Å². The Labute approximate surface area is 86.1 Å². The highest BCUT2D eigenvalue weighted by molar-refractivity contribution is 7.18. The number of benzene rings is 1. The van der Waals surface area contributed by atoms with E-state index >= 15 is 0 Å². The molecule has 2 rings (SSSR count). The molecule has 0 aliphatic rings. The van der Waals surface area contributed by atoms with E-state index in [2.05, 4.69) is 0 Å². The minimum absolute atomic E-state index is 0.774. The van der Waals surface area contributed by atoms with Crippen LogP contribution >= 0.6 is 11.3 Å². The van der Waals surface area contributed by atoms with E-state index in [1.807, 2.05) is 24.4 Å². The Bertz CT molecular complexity index is 485.